The lowest BCUT2D eigenvalue weighted by Gasteiger charge is -2.53. The van der Waals surface area contributed by atoms with E-state index in [2.05, 4.69) is 19.9 Å². The second kappa shape index (κ2) is 4.74. The van der Waals surface area contributed by atoms with Crippen LogP contribution in [0.3, 0.4) is 0 Å². The number of hydrogen-bond donors (Lipinski definition) is 1. The highest BCUT2D eigenvalue weighted by molar-refractivity contribution is 5.40. The van der Waals surface area contributed by atoms with Crippen molar-refractivity contribution >= 4 is 0 Å². The molecule has 3 aliphatic rings. The average molecular weight is 300 g/mol. The number of phenolic OH excluding ortho intramolecular Hbond substituents is 1. The highest BCUT2D eigenvalue weighted by Gasteiger charge is 2.60. The Labute approximate surface area is 133 Å². The second-order valence-electron chi connectivity index (χ2n) is 8.23. The summed E-state index contributed by atoms with van der Waals surface area (Å²) >= 11 is 0. The fourth-order valence-electron chi connectivity index (χ4n) is 6.13. The van der Waals surface area contributed by atoms with E-state index in [-0.39, 0.29) is 5.60 Å². The van der Waals surface area contributed by atoms with Gasteiger partial charge in [-0.2, -0.15) is 0 Å². The molecule has 0 radical (unpaired) electrons. The van der Waals surface area contributed by atoms with Crippen LogP contribution in [0.25, 0.3) is 0 Å². The van der Waals surface area contributed by atoms with Crippen LogP contribution in [-0.4, -0.2) is 17.8 Å². The lowest BCUT2D eigenvalue weighted by atomic mass is 9.53. The summed E-state index contributed by atoms with van der Waals surface area (Å²) in [7, 11) is 1.90. The Morgan fingerprint density at radius 1 is 1.14 bits per heavy atom. The van der Waals surface area contributed by atoms with Crippen molar-refractivity contribution in [2.75, 3.05) is 7.11 Å². The summed E-state index contributed by atoms with van der Waals surface area (Å²) in [5.74, 6) is 2.71. The van der Waals surface area contributed by atoms with Crippen molar-refractivity contribution in [2.24, 2.45) is 17.3 Å². The molecule has 0 unspecified atom stereocenters. The number of methoxy groups -OCH3 is 1. The Morgan fingerprint density at radius 3 is 2.73 bits per heavy atom. The van der Waals surface area contributed by atoms with Crippen LogP contribution >= 0.6 is 0 Å². The molecule has 120 valence electrons. The third kappa shape index (κ3) is 1.76. The smallest absolute Gasteiger partial charge is 0.115 e. The lowest BCUT2D eigenvalue weighted by molar-refractivity contribution is -0.114. The van der Waals surface area contributed by atoms with Crippen LogP contribution in [0, 0.1) is 17.3 Å². The number of fused-ring (bicyclic) bond motifs is 5. The first-order chi connectivity index (χ1) is 10.5. The van der Waals surface area contributed by atoms with Gasteiger partial charge in [0.25, 0.3) is 0 Å². The van der Waals surface area contributed by atoms with Crippen molar-refractivity contribution in [3.05, 3.63) is 29.3 Å². The summed E-state index contributed by atoms with van der Waals surface area (Å²) in [5.41, 5.74) is 3.29. The average Bonchev–Trinajstić information content (AvgIpc) is 2.79. The number of aromatic hydroxyl groups is 1. The highest BCUT2D eigenvalue weighted by atomic mass is 16.5. The highest BCUT2D eigenvalue weighted by Crippen LogP contribution is 2.65. The van der Waals surface area contributed by atoms with Crippen LogP contribution in [0.4, 0.5) is 0 Å². The molecule has 0 aliphatic heterocycles. The fraction of sp³-hybridized carbons (Fsp3) is 0.700. The van der Waals surface area contributed by atoms with E-state index in [1.54, 1.807) is 0 Å². The lowest BCUT2D eigenvalue weighted by Crippen LogP contribution is -2.50. The Balaban J connectivity index is 1.70. The molecule has 0 heterocycles. The maximum absolute atomic E-state index is 9.76. The Morgan fingerprint density at radius 2 is 1.95 bits per heavy atom. The zero-order valence-electron chi connectivity index (χ0n) is 14.1. The molecule has 1 aromatic carbocycles. The van der Waals surface area contributed by atoms with Gasteiger partial charge in [0.15, 0.2) is 0 Å². The molecule has 22 heavy (non-hydrogen) atoms. The normalized spacial score (nSPS) is 43.3. The maximum Gasteiger partial charge on any atom is 0.115 e. The third-order valence-corrected chi connectivity index (χ3v) is 7.69. The number of benzene rings is 1. The summed E-state index contributed by atoms with van der Waals surface area (Å²) in [5, 5.41) is 9.76. The summed E-state index contributed by atoms with van der Waals surface area (Å²) in [4.78, 5) is 0. The summed E-state index contributed by atoms with van der Waals surface area (Å²) in [6, 6.07) is 6.06. The van der Waals surface area contributed by atoms with Crippen molar-refractivity contribution in [1.82, 2.24) is 0 Å². The van der Waals surface area contributed by atoms with Gasteiger partial charge in [0.05, 0.1) is 5.60 Å². The van der Waals surface area contributed by atoms with E-state index >= 15 is 0 Å². The molecule has 2 heteroatoms. The molecule has 0 amide bonds. The summed E-state index contributed by atoms with van der Waals surface area (Å²) in [6.45, 7) is 4.82. The minimum atomic E-state index is 0.0534. The van der Waals surface area contributed by atoms with Crippen LogP contribution in [0.15, 0.2) is 18.2 Å². The van der Waals surface area contributed by atoms with Crippen LogP contribution < -0.4 is 0 Å². The second-order valence-corrected chi connectivity index (χ2v) is 8.23. The van der Waals surface area contributed by atoms with Crippen molar-refractivity contribution < 1.29 is 9.84 Å². The zero-order chi connectivity index (χ0) is 15.5. The van der Waals surface area contributed by atoms with E-state index in [9.17, 15) is 5.11 Å². The number of aryl methyl sites for hydroxylation is 1. The van der Waals surface area contributed by atoms with Crippen LogP contribution in [0.2, 0.25) is 0 Å². The Kier molecular flexibility index (Phi) is 3.14. The Bertz CT molecular complexity index is 595. The van der Waals surface area contributed by atoms with E-state index in [0.29, 0.717) is 17.1 Å². The van der Waals surface area contributed by atoms with Gasteiger partial charge in [0.1, 0.15) is 5.75 Å². The largest absolute Gasteiger partial charge is 0.508 e. The van der Waals surface area contributed by atoms with Gasteiger partial charge in [-0.05, 0) is 91.9 Å². The van der Waals surface area contributed by atoms with Crippen molar-refractivity contribution in [1.29, 1.82) is 0 Å². The van der Waals surface area contributed by atoms with Gasteiger partial charge in [-0.25, -0.2) is 0 Å². The van der Waals surface area contributed by atoms with E-state index in [4.69, 9.17) is 4.74 Å². The van der Waals surface area contributed by atoms with Gasteiger partial charge in [0.2, 0.25) is 0 Å². The molecule has 0 aromatic heterocycles. The van der Waals surface area contributed by atoms with Crippen molar-refractivity contribution in [2.45, 2.75) is 63.9 Å². The summed E-state index contributed by atoms with van der Waals surface area (Å²) < 4.78 is 6.00. The van der Waals surface area contributed by atoms with E-state index < -0.39 is 0 Å². The molecule has 2 nitrogen and oxygen atoms in total. The predicted molar refractivity (Wildman–Crippen MR) is 88.1 cm³/mol. The van der Waals surface area contributed by atoms with Crippen molar-refractivity contribution in [3.63, 3.8) is 0 Å². The third-order valence-electron chi connectivity index (χ3n) is 7.69. The molecular formula is C20H28O2. The first kappa shape index (κ1) is 14.6. The van der Waals surface area contributed by atoms with E-state index in [1.807, 2.05) is 19.2 Å². The SMILES string of the molecule is CO[C@@]1(C)CC[C@H]2[C@@H]3CCc4cc(O)ccc4[C@H]3CC[C@@]21C. The van der Waals surface area contributed by atoms with Gasteiger partial charge < -0.3 is 9.84 Å². The molecule has 4 rings (SSSR count). The quantitative estimate of drug-likeness (QED) is 0.818. The maximum atomic E-state index is 9.76. The van der Waals surface area contributed by atoms with Gasteiger partial charge in [-0.1, -0.05) is 13.0 Å². The summed E-state index contributed by atoms with van der Waals surface area (Å²) in [6.07, 6.45) is 7.46. The molecule has 0 bridgehead atoms. The number of ether oxygens (including phenoxy) is 1. The van der Waals surface area contributed by atoms with E-state index in [1.165, 1.54) is 43.2 Å². The van der Waals surface area contributed by atoms with Crippen LogP contribution in [0.5, 0.6) is 5.75 Å². The van der Waals surface area contributed by atoms with Gasteiger partial charge in [0, 0.05) is 7.11 Å². The van der Waals surface area contributed by atoms with Crippen LogP contribution in [0.1, 0.15) is 63.0 Å². The molecule has 2 saturated carbocycles. The van der Waals surface area contributed by atoms with Crippen molar-refractivity contribution in [3.8, 4) is 5.75 Å². The topological polar surface area (TPSA) is 29.5 Å². The van der Waals surface area contributed by atoms with Gasteiger partial charge in [-0.15, -0.1) is 0 Å². The number of phenols is 1. The zero-order valence-corrected chi connectivity index (χ0v) is 14.1. The Hall–Kier alpha value is -1.02. The van der Waals surface area contributed by atoms with E-state index in [0.717, 1.165) is 18.3 Å². The van der Waals surface area contributed by atoms with Gasteiger partial charge in [-0.3, -0.25) is 0 Å². The van der Waals surface area contributed by atoms with Crippen LogP contribution in [-0.2, 0) is 11.2 Å². The molecule has 0 saturated heterocycles. The molecule has 0 spiro atoms. The first-order valence-corrected chi connectivity index (χ1v) is 8.85. The predicted octanol–water partition coefficient (Wildman–Crippen LogP) is 4.65. The molecule has 1 N–H and O–H groups in total. The molecule has 1 aromatic rings. The molecule has 3 aliphatic carbocycles. The monoisotopic (exact) mass is 300 g/mol. The minimum absolute atomic E-state index is 0.0534. The fourth-order valence-corrected chi connectivity index (χ4v) is 6.13. The van der Waals surface area contributed by atoms with Gasteiger partial charge >= 0.3 is 0 Å². The number of hydrogen-bond acceptors (Lipinski definition) is 2. The molecular weight excluding hydrogens is 272 g/mol. The standard InChI is InChI=1S/C20H28O2/c1-19-10-8-16-15-7-5-14(21)12-13(15)4-6-17(16)18(19)9-11-20(19,2)22-3/h5,7,12,16-18,21H,4,6,8-11H2,1-3H3/t16-,17-,18+,19+,20+/m1/s1. The molecule has 5 atom stereocenters. The minimum Gasteiger partial charge on any atom is -0.508 e. The molecule has 2 fully saturated rings. The first-order valence-electron chi connectivity index (χ1n) is 8.85. The number of rotatable bonds is 1.